The number of anilines is 1. The van der Waals surface area contributed by atoms with Gasteiger partial charge in [-0.05, 0) is 41.7 Å². The Labute approximate surface area is 199 Å². The molecule has 1 heterocycles. The molecule has 0 saturated carbocycles. The van der Waals surface area contributed by atoms with Gasteiger partial charge in [0, 0.05) is 18.3 Å². The molecule has 3 rings (SSSR count). The Morgan fingerprint density at radius 1 is 0.970 bits per heavy atom. The Bertz CT molecular complexity index is 1080. The van der Waals surface area contributed by atoms with E-state index in [9.17, 15) is 9.59 Å². The van der Waals surface area contributed by atoms with Crippen LogP contribution in [0.3, 0.4) is 0 Å². The molecular formula is C25H31N5O2S. The molecule has 174 valence electrons. The average Bonchev–Trinajstić information content (AvgIpc) is 3.16. The summed E-state index contributed by atoms with van der Waals surface area (Å²) in [5.74, 6) is 1.15. The van der Waals surface area contributed by atoms with Crippen molar-refractivity contribution < 1.29 is 9.59 Å². The molecule has 0 saturated heterocycles. The molecule has 0 aliphatic rings. The van der Waals surface area contributed by atoms with Gasteiger partial charge in [-0.15, -0.1) is 10.2 Å². The quantitative estimate of drug-likeness (QED) is 0.443. The first kappa shape index (κ1) is 24.5. The topological polar surface area (TPSA) is 88.9 Å². The summed E-state index contributed by atoms with van der Waals surface area (Å²) in [6.07, 6.45) is 0. The van der Waals surface area contributed by atoms with Gasteiger partial charge in [-0.2, -0.15) is 0 Å². The summed E-state index contributed by atoms with van der Waals surface area (Å²) in [6.45, 7) is 8.32. The van der Waals surface area contributed by atoms with Crippen LogP contribution in [0.5, 0.6) is 0 Å². The highest BCUT2D eigenvalue weighted by Gasteiger charge is 2.25. The first-order valence-electron chi connectivity index (χ1n) is 11.0. The van der Waals surface area contributed by atoms with Crippen molar-refractivity contribution in [3.05, 3.63) is 71.5 Å². The monoisotopic (exact) mass is 465 g/mol. The molecule has 0 radical (unpaired) electrons. The summed E-state index contributed by atoms with van der Waals surface area (Å²) in [7, 11) is 1.85. The van der Waals surface area contributed by atoms with Crippen molar-refractivity contribution in [2.75, 3.05) is 11.1 Å². The summed E-state index contributed by atoms with van der Waals surface area (Å²) >= 11 is 1.31. The lowest BCUT2D eigenvalue weighted by atomic mass is 10.0. The molecule has 2 aromatic carbocycles. The van der Waals surface area contributed by atoms with Gasteiger partial charge in [0.25, 0.3) is 5.91 Å². The normalized spacial score (nSPS) is 12.1. The smallest absolute Gasteiger partial charge is 0.251 e. The van der Waals surface area contributed by atoms with Crippen molar-refractivity contribution in [2.45, 2.75) is 44.8 Å². The van der Waals surface area contributed by atoms with E-state index in [2.05, 4.69) is 34.7 Å². The molecule has 0 aliphatic carbocycles. The van der Waals surface area contributed by atoms with Crippen LogP contribution < -0.4 is 10.6 Å². The van der Waals surface area contributed by atoms with E-state index in [1.54, 1.807) is 12.1 Å². The van der Waals surface area contributed by atoms with Gasteiger partial charge in [0.1, 0.15) is 0 Å². The fourth-order valence-electron chi connectivity index (χ4n) is 3.34. The van der Waals surface area contributed by atoms with Gasteiger partial charge in [-0.1, -0.05) is 69.8 Å². The lowest BCUT2D eigenvalue weighted by Gasteiger charge is -2.21. The minimum absolute atomic E-state index is 0.107. The summed E-state index contributed by atoms with van der Waals surface area (Å²) < 4.78 is 1.84. The number of hydrogen-bond donors (Lipinski definition) is 2. The van der Waals surface area contributed by atoms with E-state index < -0.39 is 0 Å². The van der Waals surface area contributed by atoms with Crippen LogP contribution in [0.25, 0.3) is 0 Å². The number of rotatable bonds is 9. The van der Waals surface area contributed by atoms with Crippen molar-refractivity contribution in [3.63, 3.8) is 0 Å². The van der Waals surface area contributed by atoms with E-state index in [1.807, 2.05) is 67.9 Å². The zero-order valence-electron chi connectivity index (χ0n) is 19.7. The van der Waals surface area contributed by atoms with E-state index >= 15 is 0 Å². The largest absolute Gasteiger partial charge is 0.342 e. The molecular weight excluding hydrogens is 434 g/mol. The summed E-state index contributed by atoms with van der Waals surface area (Å²) in [6, 6.07) is 16.7. The van der Waals surface area contributed by atoms with Crippen molar-refractivity contribution in [1.82, 2.24) is 20.1 Å². The molecule has 0 aliphatic heterocycles. The van der Waals surface area contributed by atoms with Crippen LogP contribution in [0, 0.1) is 5.92 Å². The highest BCUT2D eigenvalue weighted by atomic mass is 32.2. The van der Waals surface area contributed by atoms with Crippen molar-refractivity contribution in [2.24, 2.45) is 13.0 Å². The van der Waals surface area contributed by atoms with Gasteiger partial charge in [-0.25, -0.2) is 0 Å². The predicted molar refractivity (Wildman–Crippen MR) is 132 cm³/mol. The van der Waals surface area contributed by atoms with E-state index in [-0.39, 0.29) is 29.5 Å². The lowest BCUT2D eigenvalue weighted by molar-refractivity contribution is -0.113. The van der Waals surface area contributed by atoms with Crippen LogP contribution in [0.2, 0.25) is 0 Å². The Morgan fingerprint density at radius 2 is 1.64 bits per heavy atom. The summed E-state index contributed by atoms with van der Waals surface area (Å²) in [4.78, 5) is 25.1. The van der Waals surface area contributed by atoms with Crippen LogP contribution >= 0.6 is 11.8 Å². The van der Waals surface area contributed by atoms with E-state index in [0.29, 0.717) is 22.5 Å². The second-order valence-electron chi connectivity index (χ2n) is 8.57. The van der Waals surface area contributed by atoms with Crippen LogP contribution in [-0.4, -0.2) is 32.3 Å². The Kier molecular flexibility index (Phi) is 8.27. The number of hydrogen-bond acceptors (Lipinski definition) is 5. The predicted octanol–water partition coefficient (Wildman–Crippen LogP) is 4.80. The third kappa shape index (κ3) is 6.44. The third-order valence-corrected chi connectivity index (χ3v) is 6.35. The highest BCUT2D eigenvalue weighted by molar-refractivity contribution is 7.99. The number of thioether (sulfide) groups is 1. The lowest BCUT2D eigenvalue weighted by Crippen LogP contribution is -2.33. The minimum atomic E-state index is -0.308. The molecule has 2 amide bonds. The van der Waals surface area contributed by atoms with Crippen LogP contribution in [0.4, 0.5) is 5.69 Å². The molecule has 2 N–H and O–H groups in total. The first-order valence-corrected chi connectivity index (χ1v) is 12.0. The molecule has 0 unspecified atom stereocenters. The number of benzene rings is 2. The average molecular weight is 466 g/mol. The second-order valence-corrected chi connectivity index (χ2v) is 9.52. The number of amides is 2. The van der Waals surface area contributed by atoms with Gasteiger partial charge in [0.05, 0.1) is 11.8 Å². The molecule has 8 heteroatoms. The van der Waals surface area contributed by atoms with E-state index in [0.717, 1.165) is 5.69 Å². The summed E-state index contributed by atoms with van der Waals surface area (Å²) in [5.41, 5.74) is 2.60. The molecule has 3 aromatic rings. The maximum absolute atomic E-state index is 12.7. The van der Waals surface area contributed by atoms with Crippen LogP contribution in [0.15, 0.2) is 59.8 Å². The van der Waals surface area contributed by atoms with Crippen LogP contribution in [-0.2, 0) is 11.8 Å². The van der Waals surface area contributed by atoms with Gasteiger partial charge in [0.15, 0.2) is 11.0 Å². The SMILES string of the molecule is CC(C)c1ccc(NC(=O)CSc2nnc([C@@H](NC(=O)c3ccccc3)C(C)C)n2C)cc1. The molecule has 7 nitrogen and oxygen atoms in total. The van der Waals surface area contributed by atoms with Gasteiger partial charge in [0.2, 0.25) is 5.91 Å². The van der Waals surface area contributed by atoms with Gasteiger partial charge in [-0.3, -0.25) is 9.59 Å². The number of nitrogens with zero attached hydrogens (tertiary/aromatic N) is 3. The Balaban J connectivity index is 1.62. The summed E-state index contributed by atoms with van der Waals surface area (Å²) in [5, 5.41) is 15.2. The van der Waals surface area contributed by atoms with Gasteiger partial charge >= 0.3 is 0 Å². The number of aromatic nitrogens is 3. The Morgan fingerprint density at radius 3 is 2.24 bits per heavy atom. The standard InChI is InChI=1S/C25H31N5O2S/c1-16(2)18-11-13-20(14-12-18)26-21(31)15-33-25-29-28-23(30(25)5)22(17(3)4)27-24(32)19-9-7-6-8-10-19/h6-14,16-17,22H,15H2,1-5H3,(H,26,31)(H,27,32)/t22-/m0/s1. The van der Waals surface area contributed by atoms with Gasteiger partial charge < -0.3 is 15.2 Å². The molecule has 0 bridgehead atoms. The molecule has 0 fully saturated rings. The zero-order chi connectivity index (χ0) is 24.0. The van der Waals surface area contributed by atoms with Crippen molar-refractivity contribution in [1.29, 1.82) is 0 Å². The van der Waals surface area contributed by atoms with Crippen molar-refractivity contribution >= 4 is 29.3 Å². The second kappa shape index (κ2) is 11.1. The number of carbonyl (C=O) groups is 2. The molecule has 33 heavy (non-hydrogen) atoms. The number of nitrogens with one attached hydrogen (secondary N) is 2. The molecule has 0 spiro atoms. The fourth-order valence-corrected chi connectivity index (χ4v) is 4.06. The number of carbonyl (C=O) groups excluding carboxylic acids is 2. The molecule has 1 atom stereocenters. The Hall–Kier alpha value is -3.13. The highest BCUT2D eigenvalue weighted by Crippen LogP contribution is 2.25. The molecule has 1 aromatic heterocycles. The maximum atomic E-state index is 12.7. The van der Waals surface area contributed by atoms with Crippen LogP contribution in [0.1, 0.15) is 61.4 Å². The van der Waals surface area contributed by atoms with Crippen molar-refractivity contribution in [3.8, 4) is 0 Å². The minimum Gasteiger partial charge on any atom is -0.342 e. The van der Waals surface area contributed by atoms with E-state index in [1.165, 1.54) is 17.3 Å². The maximum Gasteiger partial charge on any atom is 0.251 e. The fraction of sp³-hybridized carbons (Fsp3) is 0.360. The zero-order valence-corrected chi connectivity index (χ0v) is 20.5. The van der Waals surface area contributed by atoms with E-state index in [4.69, 9.17) is 0 Å². The third-order valence-electron chi connectivity index (χ3n) is 5.33. The first-order chi connectivity index (χ1) is 15.8.